The van der Waals surface area contributed by atoms with Gasteiger partial charge in [0.05, 0.1) is 0 Å². The second kappa shape index (κ2) is 8.84. The molecule has 0 spiro atoms. The summed E-state index contributed by atoms with van der Waals surface area (Å²) in [6.07, 6.45) is 0. The number of rotatable bonds is 7. The normalized spacial score (nSPS) is 11.0. The van der Waals surface area contributed by atoms with E-state index in [2.05, 4.69) is 5.16 Å². The summed E-state index contributed by atoms with van der Waals surface area (Å²) in [6, 6.07) is 18.9. The highest BCUT2D eigenvalue weighted by molar-refractivity contribution is 6.30. The van der Waals surface area contributed by atoms with Gasteiger partial charge in [-0.2, -0.15) is 0 Å². The molecule has 0 aliphatic heterocycles. The van der Waals surface area contributed by atoms with E-state index in [0.29, 0.717) is 23.8 Å². The Hall–Kier alpha value is -2.63. The van der Waals surface area contributed by atoms with Crippen LogP contribution < -0.4 is 0 Å². The van der Waals surface area contributed by atoms with Crippen LogP contribution in [0.4, 0.5) is 0 Å². The van der Waals surface area contributed by atoms with Gasteiger partial charge in [-0.15, -0.1) is 0 Å². The topological polar surface area (TPSA) is 49.6 Å². The Morgan fingerprint density at radius 3 is 2.41 bits per heavy atom. The molecule has 0 unspecified atom stereocenters. The van der Waals surface area contributed by atoms with Crippen LogP contribution in [0.2, 0.25) is 5.02 Å². The molecule has 1 heterocycles. The zero-order valence-corrected chi connectivity index (χ0v) is 16.2. The monoisotopic (exact) mass is 383 g/mol. The van der Waals surface area contributed by atoms with E-state index < -0.39 is 0 Å². The van der Waals surface area contributed by atoms with E-state index in [1.807, 2.05) is 73.6 Å². The number of halogens is 1. The highest BCUT2D eigenvalue weighted by Gasteiger charge is 2.21. The van der Waals surface area contributed by atoms with Crippen LogP contribution >= 0.6 is 11.6 Å². The molecule has 0 N–H and O–H groups in total. The summed E-state index contributed by atoms with van der Waals surface area (Å²) in [4.78, 5) is 16.8. The molecule has 0 aliphatic rings. The predicted octanol–water partition coefficient (Wildman–Crippen LogP) is 4.20. The van der Waals surface area contributed by atoms with Crippen LogP contribution in [0.5, 0.6) is 0 Å². The number of benzene rings is 2. The summed E-state index contributed by atoms with van der Waals surface area (Å²) >= 11 is 5.96. The van der Waals surface area contributed by atoms with Crippen molar-refractivity contribution >= 4 is 17.5 Å². The second-order valence-corrected chi connectivity index (χ2v) is 7.04. The van der Waals surface area contributed by atoms with Crippen molar-refractivity contribution in [3.05, 3.63) is 77.0 Å². The molecule has 3 rings (SSSR count). The summed E-state index contributed by atoms with van der Waals surface area (Å²) in [5.74, 6) is 0.0584. The van der Waals surface area contributed by atoms with Crippen molar-refractivity contribution in [3.63, 3.8) is 0 Å². The van der Waals surface area contributed by atoms with E-state index in [1.165, 1.54) is 0 Å². The maximum Gasteiger partial charge on any atom is 0.292 e. The molecule has 2 aromatic carbocycles. The van der Waals surface area contributed by atoms with Gasteiger partial charge in [0, 0.05) is 36.3 Å². The molecule has 0 aliphatic carbocycles. The van der Waals surface area contributed by atoms with E-state index in [9.17, 15) is 4.79 Å². The van der Waals surface area contributed by atoms with Gasteiger partial charge in [-0.25, -0.2) is 0 Å². The Labute approximate surface area is 164 Å². The van der Waals surface area contributed by atoms with Gasteiger partial charge in [0.2, 0.25) is 5.76 Å². The van der Waals surface area contributed by atoms with E-state index in [-0.39, 0.29) is 11.7 Å². The van der Waals surface area contributed by atoms with Crippen molar-refractivity contribution in [1.82, 2.24) is 15.0 Å². The maximum atomic E-state index is 13.0. The lowest BCUT2D eigenvalue weighted by Crippen LogP contribution is -2.36. The number of amides is 1. The molecular formula is C21H22ClN3O2. The summed E-state index contributed by atoms with van der Waals surface area (Å²) < 4.78 is 5.35. The Bertz CT molecular complexity index is 876. The third-order valence-electron chi connectivity index (χ3n) is 4.18. The average molecular weight is 384 g/mol. The molecule has 5 nitrogen and oxygen atoms in total. The molecule has 3 aromatic rings. The molecular weight excluding hydrogens is 362 g/mol. The lowest BCUT2D eigenvalue weighted by Gasteiger charge is -2.23. The number of likely N-dealkylation sites (N-methyl/N-ethyl adjacent to an activating group) is 1. The van der Waals surface area contributed by atoms with Gasteiger partial charge in [0.1, 0.15) is 5.69 Å². The molecule has 0 radical (unpaired) electrons. The number of hydrogen-bond acceptors (Lipinski definition) is 4. The first-order chi connectivity index (χ1) is 13.0. The van der Waals surface area contributed by atoms with Gasteiger partial charge < -0.3 is 14.3 Å². The minimum atomic E-state index is -0.179. The van der Waals surface area contributed by atoms with Gasteiger partial charge in [-0.05, 0) is 31.8 Å². The van der Waals surface area contributed by atoms with Crippen molar-refractivity contribution in [3.8, 4) is 11.3 Å². The highest BCUT2D eigenvalue weighted by Crippen LogP contribution is 2.20. The van der Waals surface area contributed by atoms with Gasteiger partial charge in [-0.3, -0.25) is 4.79 Å². The Morgan fingerprint density at radius 1 is 1.04 bits per heavy atom. The largest absolute Gasteiger partial charge is 0.350 e. The van der Waals surface area contributed by atoms with Crippen LogP contribution in [0.1, 0.15) is 16.1 Å². The van der Waals surface area contributed by atoms with E-state index in [0.717, 1.165) is 17.7 Å². The minimum absolute atomic E-state index is 0.179. The molecule has 0 atom stereocenters. The number of carbonyl (C=O) groups excluding carboxylic acids is 1. The SMILES string of the molecule is CN(C)CCN(Cc1ccc(Cl)cc1)C(=O)c1cc(-c2ccccc2)no1. The van der Waals surface area contributed by atoms with Crippen LogP contribution in [-0.2, 0) is 6.54 Å². The van der Waals surface area contributed by atoms with E-state index in [4.69, 9.17) is 16.1 Å². The van der Waals surface area contributed by atoms with Crippen LogP contribution in [-0.4, -0.2) is 48.0 Å². The zero-order valence-electron chi connectivity index (χ0n) is 15.4. The van der Waals surface area contributed by atoms with Crippen LogP contribution in [0, 0.1) is 0 Å². The van der Waals surface area contributed by atoms with Gasteiger partial charge in [-0.1, -0.05) is 59.2 Å². The average Bonchev–Trinajstić information content (AvgIpc) is 3.17. The number of nitrogens with zero attached hydrogens (tertiary/aromatic N) is 3. The molecule has 6 heteroatoms. The Kier molecular flexibility index (Phi) is 6.27. The lowest BCUT2D eigenvalue weighted by molar-refractivity contribution is 0.0690. The molecule has 0 saturated heterocycles. The van der Waals surface area contributed by atoms with Gasteiger partial charge in [0.15, 0.2) is 0 Å². The minimum Gasteiger partial charge on any atom is -0.350 e. The summed E-state index contributed by atoms with van der Waals surface area (Å²) in [5.41, 5.74) is 2.57. The molecule has 0 saturated carbocycles. The molecule has 27 heavy (non-hydrogen) atoms. The Balaban J connectivity index is 1.79. The van der Waals surface area contributed by atoms with Crippen molar-refractivity contribution in [2.24, 2.45) is 0 Å². The van der Waals surface area contributed by atoms with Crippen LogP contribution in [0.25, 0.3) is 11.3 Å². The molecule has 0 fully saturated rings. The number of carbonyl (C=O) groups is 1. The fourth-order valence-electron chi connectivity index (χ4n) is 2.66. The molecule has 0 bridgehead atoms. The first-order valence-electron chi connectivity index (χ1n) is 8.73. The molecule has 140 valence electrons. The van der Waals surface area contributed by atoms with E-state index in [1.54, 1.807) is 11.0 Å². The third-order valence-corrected chi connectivity index (χ3v) is 4.43. The second-order valence-electron chi connectivity index (χ2n) is 6.60. The summed E-state index contributed by atoms with van der Waals surface area (Å²) in [6.45, 7) is 1.81. The maximum absolute atomic E-state index is 13.0. The van der Waals surface area contributed by atoms with Gasteiger partial charge in [0.25, 0.3) is 5.91 Å². The van der Waals surface area contributed by atoms with Crippen LogP contribution in [0.15, 0.2) is 65.2 Å². The standard InChI is InChI=1S/C21H22ClN3O2/c1-24(2)12-13-25(15-16-8-10-18(22)11-9-16)21(26)20-14-19(23-27-20)17-6-4-3-5-7-17/h3-11,14H,12-13,15H2,1-2H3. The summed E-state index contributed by atoms with van der Waals surface area (Å²) in [5, 5.41) is 4.73. The fraction of sp³-hybridized carbons (Fsp3) is 0.238. The van der Waals surface area contributed by atoms with Gasteiger partial charge >= 0.3 is 0 Å². The van der Waals surface area contributed by atoms with Crippen molar-refractivity contribution in [1.29, 1.82) is 0 Å². The first-order valence-corrected chi connectivity index (χ1v) is 9.11. The lowest BCUT2D eigenvalue weighted by atomic mass is 10.1. The van der Waals surface area contributed by atoms with Crippen LogP contribution in [0.3, 0.4) is 0 Å². The molecule has 1 amide bonds. The molecule has 1 aromatic heterocycles. The summed E-state index contributed by atoms with van der Waals surface area (Å²) in [7, 11) is 3.96. The zero-order chi connectivity index (χ0) is 19.2. The smallest absolute Gasteiger partial charge is 0.292 e. The number of hydrogen-bond donors (Lipinski definition) is 0. The number of aromatic nitrogens is 1. The first kappa shape index (κ1) is 19.1. The Morgan fingerprint density at radius 2 is 1.74 bits per heavy atom. The van der Waals surface area contributed by atoms with Crippen molar-refractivity contribution in [2.45, 2.75) is 6.54 Å². The highest BCUT2D eigenvalue weighted by atomic mass is 35.5. The van der Waals surface area contributed by atoms with Crippen molar-refractivity contribution in [2.75, 3.05) is 27.2 Å². The third kappa shape index (κ3) is 5.18. The van der Waals surface area contributed by atoms with E-state index >= 15 is 0 Å². The quantitative estimate of drug-likeness (QED) is 0.613. The fourth-order valence-corrected chi connectivity index (χ4v) is 2.79. The van der Waals surface area contributed by atoms with Crippen molar-refractivity contribution < 1.29 is 9.32 Å². The predicted molar refractivity (Wildman–Crippen MR) is 107 cm³/mol.